The van der Waals surface area contributed by atoms with Gasteiger partial charge in [0, 0.05) is 24.4 Å². The molecule has 0 amide bonds. The Kier molecular flexibility index (Phi) is 9.49. The van der Waals surface area contributed by atoms with Crippen LogP contribution >= 0.6 is 13.4 Å². The Balaban J connectivity index is 1.15. The number of imidazole rings is 3. The topological polar surface area (TPSA) is 212 Å². The molecular weight excluding hydrogens is 787 g/mol. The van der Waals surface area contributed by atoms with Gasteiger partial charge in [0.05, 0.1) is 45.2 Å². The molecule has 1 saturated carbocycles. The Morgan fingerprint density at radius 3 is 2.51 bits per heavy atom. The van der Waals surface area contributed by atoms with E-state index in [0.717, 1.165) is 0 Å². The molecule has 7 heterocycles. The van der Waals surface area contributed by atoms with Crippen molar-refractivity contribution < 1.29 is 41.8 Å². The van der Waals surface area contributed by atoms with Crippen LogP contribution < -0.4 is 5.56 Å². The molecule has 2 bridgehead atoms. The molecule has 23 heteroatoms. The van der Waals surface area contributed by atoms with Crippen LogP contribution in [0.1, 0.15) is 55.8 Å². The number of carbonyl (C=O) groups excluding carboxylic acids is 1. The number of ketones is 1. The van der Waals surface area contributed by atoms with Crippen LogP contribution in [0.25, 0.3) is 17.0 Å². The molecule has 3 aliphatic heterocycles. The minimum absolute atomic E-state index is 0.0170. The minimum Gasteiger partial charge on any atom is -0.408 e. The summed E-state index contributed by atoms with van der Waals surface area (Å²) in [6.45, 7) is 2.18. The van der Waals surface area contributed by atoms with E-state index in [1.807, 2.05) is 0 Å². The average molecular weight is 827 g/mol. The summed E-state index contributed by atoms with van der Waals surface area (Å²) in [4.78, 5) is 68.5. The van der Waals surface area contributed by atoms with Crippen molar-refractivity contribution in [3.8, 4) is 5.82 Å². The largest absolute Gasteiger partial charge is 0.408 e. The lowest BCUT2D eigenvalue weighted by Gasteiger charge is -2.45. The number of H-pyrrole nitrogens is 1. The lowest BCUT2D eigenvalue weighted by Crippen LogP contribution is -2.50. The van der Waals surface area contributed by atoms with Crippen molar-refractivity contribution in [2.75, 3.05) is 19.8 Å². The zero-order chi connectivity index (χ0) is 37.7. The monoisotopic (exact) mass is 826 g/mol. The van der Waals surface area contributed by atoms with Crippen LogP contribution in [0.4, 0.5) is 0 Å². The maximum absolute atomic E-state index is 13.1. The summed E-state index contributed by atoms with van der Waals surface area (Å²) < 4.78 is 43.3. The first-order chi connectivity index (χ1) is 24.9. The van der Waals surface area contributed by atoms with Gasteiger partial charge in [-0.15, -0.1) is 0 Å². The van der Waals surface area contributed by atoms with Crippen molar-refractivity contribution in [3.63, 3.8) is 0 Å². The van der Waals surface area contributed by atoms with Crippen LogP contribution in [-0.2, 0) is 57.3 Å². The van der Waals surface area contributed by atoms with E-state index in [1.54, 1.807) is 26.1 Å². The number of hydrogen-bond acceptors (Lipinski definition) is 14. The average Bonchev–Trinajstić information content (AvgIpc) is 3.85. The third-order valence-electron chi connectivity index (χ3n) is 11.0. The summed E-state index contributed by atoms with van der Waals surface area (Å²) in [5.74, 6) is 0.172. The number of aromatic nitrogens is 8. The smallest absolute Gasteiger partial charge is 0.325 e. The van der Waals surface area contributed by atoms with Gasteiger partial charge in [0.25, 0.3) is 5.56 Å². The van der Waals surface area contributed by atoms with Gasteiger partial charge in [0.1, 0.15) is 29.8 Å². The number of ether oxygens (including phenoxy) is 1. The fourth-order valence-electron chi connectivity index (χ4n) is 7.10. The normalized spacial score (nSPS) is 33.9. The summed E-state index contributed by atoms with van der Waals surface area (Å²) in [6, 6.07) is -0.252. The molecule has 0 spiro atoms. The van der Waals surface area contributed by atoms with Crippen molar-refractivity contribution in [2.45, 2.75) is 82.3 Å². The highest BCUT2D eigenvalue weighted by atomic mass is 32.5. The lowest BCUT2D eigenvalue weighted by molar-refractivity contribution is -0.0490. The van der Waals surface area contributed by atoms with Crippen molar-refractivity contribution >= 4 is 62.3 Å². The van der Waals surface area contributed by atoms with E-state index in [2.05, 4.69) is 58.8 Å². The number of Topliss-reactive ketones (excluding diaryl/α,β-unsaturated/α-hetero) is 1. The molecule has 8 rings (SSSR count). The molecule has 4 aromatic heterocycles. The molecule has 3 fully saturated rings. The van der Waals surface area contributed by atoms with Crippen LogP contribution in [0, 0.1) is 11.8 Å². The fourth-order valence-corrected chi connectivity index (χ4v) is 11.0. The predicted molar refractivity (Wildman–Crippen MR) is 198 cm³/mol. The molecule has 53 heavy (non-hydrogen) atoms. The first kappa shape index (κ1) is 37.6. The van der Waals surface area contributed by atoms with E-state index >= 15 is 0 Å². The minimum atomic E-state index is -4.02. The molecule has 18 nitrogen and oxygen atoms in total. The number of rotatable bonds is 4. The number of aromatic amines is 1. The summed E-state index contributed by atoms with van der Waals surface area (Å²) in [6.07, 6.45) is 4.29. The van der Waals surface area contributed by atoms with E-state index in [0.29, 0.717) is 23.7 Å². The van der Waals surface area contributed by atoms with Crippen molar-refractivity contribution in [2.24, 2.45) is 11.8 Å². The molecule has 2 unspecified atom stereocenters. The summed E-state index contributed by atoms with van der Waals surface area (Å²) in [5.41, 5.74) is 0.440. The zero-order valence-electron chi connectivity index (χ0n) is 29.5. The molecule has 286 valence electrons. The Morgan fingerprint density at radius 1 is 1.00 bits per heavy atom. The molecule has 3 N–H and O–H groups in total. The number of fused-ring (bicyclic) bond motifs is 7. The first-order valence-corrected chi connectivity index (χ1v) is 25.2. The van der Waals surface area contributed by atoms with Gasteiger partial charge in [-0.05, 0) is 54.1 Å². The van der Waals surface area contributed by atoms with Gasteiger partial charge in [0.15, 0.2) is 37.3 Å². The maximum Gasteiger partial charge on any atom is 0.325 e. The molecule has 9 atom stereocenters. The standard InChI is InChI=1S/C30H40N8O10P2S2Si/c1-30(2,3)53(4,5)48-24-20-12-45-49(41,51)44-11-17-16(8-18(17)37-14-35-23-26(37)32-13-33-27(23)40)10-43-50(42,52)47-25(24)29(46-20)38-15-34-22-19(39)9-21-31-6-7-36(21)28(22)38/h6-7,13-18,20,24-25,29H,8-12H2,1-5H3,(H,41,51)(H,42,52)(H,32,33,40)/t16-,17-,18-,20-,24-,25-,29-,49?,50?/m1/s1. The van der Waals surface area contributed by atoms with E-state index in [9.17, 15) is 19.4 Å². The Bertz CT molecular complexity index is 2240. The highest BCUT2D eigenvalue weighted by Gasteiger charge is 2.55. The molecular formula is C30H40N8O10P2S2Si. The fraction of sp³-hybridized carbons (Fsp3) is 0.600. The summed E-state index contributed by atoms with van der Waals surface area (Å²) >= 11 is 11.2. The van der Waals surface area contributed by atoms with Crippen LogP contribution in [0.3, 0.4) is 0 Å². The van der Waals surface area contributed by atoms with Gasteiger partial charge in [-0.2, -0.15) is 0 Å². The van der Waals surface area contributed by atoms with Crippen LogP contribution in [0.2, 0.25) is 18.1 Å². The summed E-state index contributed by atoms with van der Waals surface area (Å²) in [5, 5.41) is -0.252. The quantitative estimate of drug-likeness (QED) is 0.199. The van der Waals surface area contributed by atoms with Gasteiger partial charge in [-0.1, -0.05) is 20.8 Å². The predicted octanol–water partition coefficient (Wildman–Crippen LogP) is 3.29. The van der Waals surface area contributed by atoms with Crippen LogP contribution in [0.5, 0.6) is 0 Å². The highest BCUT2D eigenvalue weighted by molar-refractivity contribution is 8.07. The summed E-state index contributed by atoms with van der Waals surface area (Å²) in [7, 11) is -2.59. The zero-order valence-corrected chi connectivity index (χ0v) is 33.9. The highest BCUT2D eigenvalue weighted by Crippen LogP contribution is 2.56. The first-order valence-electron chi connectivity index (χ1n) is 17.1. The second-order valence-electron chi connectivity index (χ2n) is 15.2. The molecule has 2 saturated heterocycles. The molecule has 1 aliphatic carbocycles. The van der Waals surface area contributed by atoms with E-state index in [1.165, 1.54) is 19.0 Å². The number of nitrogens with one attached hydrogen (secondary N) is 1. The molecule has 0 radical (unpaired) electrons. The third kappa shape index (κ3) is 6.81. The Morgan fingerprint density at radius 2 is 1.74 bits per heavy atom. The van der Waals surface area contributed by atoms with Gasteiger partial charge in [-0.3, -0.25) is 23.2 Å². The van der Waals surface area contributed by atoms with Gasteiger partial charge >= 0.3 is 13.4 Å². The van der Waals surface area contributed by atoms with Crippen LogP contribution in [-0.4, -0.2) is 101 Å². The second-order valence-corrected chi connectivity index (χ2v) is 25.6. The van der Waals surface area contributed by atoms with Crippen molar-refractivity contribution in [3.05, 3.63) is 53.2 Å². The third-order valence-corrected chi connectivity index (χ3v) is 18.6. The van der Waals surface area contributed by atoms with Gasteiger partial charge in [-0.25, -0.2) is 19.9 Å². The van der Waals surface area contributed by atoms with Gasteiger partial charge in [0.2, 0.25) is 0 Å². The number of nitrogens with zero attached hydrogens (tertiary/aromatic N) is 7. The molecule has 0 aromatic carbocycles. The molecule has 4 aromatic rings. The maximum atomic E-state index is 13.1. The number of carbonyl (C=O) groups is 1. The SMILES string of the molecule is CC(C)(C)[Si](C)(C)O[C@H]1[C@H]2OP(O)(=S)OC[C@H]3C[C@@H](n4cnc5c(=O)[nH]cnc54)[C@@H]3COP(O)(=S)OC[C@H]1O[C@H]2n1cnc2c1-n1ccnc1CC2=O. The van der Waals surface area contributed by atoms with E-state index in [4.69, 9.17) is 50.9 Å². The van der Waals surface area contributed by atoms with E-state index in [-0.39, 0.29) is 71.7 Å². The molecule has 4 aliphatic rings. The van der Waals surface area contributed by atoms with Gasteiger partial charge < -0.3 is 42.1 Å². The van der Waals surface area contributed by atoms with Crippen LogP contribution in [0.15, 0.2) is 36.2 Å². The lowest BCUT2D eigenvalue weighted by atomic mass is 9.70. The number of hydrogen-bond donors (Lipinski definition) is 3. The second kappa shape index (κ2) is 13.4. The Hall–Kier alpha value is -2.36. The van der Waals surface area contributed by atoms with Crippen molar-refractivity contribution in [1.29, 1.82) is 0 Å². The Labute approximate surface area is 314 Å². The van der Waals surface area contributed by atoms with Crippen molar-refractivity contribution in [1.82, 2.24) is 38.6 Å². The van der Waals surface area contributed by atoms with E-state index < -0.39 is 46.3 Å².